The first kappa shape index (κ1) is 16.8. The van der Waals surface area contributed by atoms with Gasteiger partial charge in [-0.15, -0.1) is 11.3 Å². The van der Waals surface area contributed by atoms with Crippen LogP contribution in [0.5, 0.6) is 0 Å². The van der Waals surface area contributed by atoms with Crippen LogP contribution in [0.15, 0.2) is 42.0 Å². The molecular weight excluding hydrogens is 348 g/mol. The fourth-order valence-electron chi connectivity index (χ4n) is 3.16. The molecule has 3 aromatic rings. The van der Waals surface area contributed by atoms with Crippen LogP contribution in [0.1, 0.15) is 34.5 Å². The smallest absolute Gasteiger partial charge is 0.253 e. The van der Waals surface area contributed by atoms with Gasteiger partial charge < -0.3 is 10.2 Å². The Morgan fingerprint density at radius 3 is 2.65 bits per heavy atom. The molecule has 1 aliphatic heterocycles. The van der Waals surface area contributed by atoms with Crippen LogP contribution in [0.4, 0.5) is 0 Å². The molecule has 134 valence electrons. The van der Waals surface area contributed by atoms with Gasteiger partial charge in [0.2, 0.25) is 5.91 Å². The van der Waals surface area contributed by atoms with E-state index < -0.39 is 0 Å². The van der Waals surface area contributed by atoms with Crippen LogP contribution in [0, 0.1) is 0 Å². The van der Waals surface area contributed by atoms with E-state index in [1.54, 1.807) is 11.3 Å². The quantitative estimate of drug-likeness (QED) is 0.752. The van der Waals surface area contributed by atoms with Crippen LogP contribution >= 0.6 is 11.3 Å². The van der Waals surface area contributed by atoms with Crippen molar-refractivity contribution in [2.45, 2.75) is 25.8 Å². The fourth-order valence-corrected chi connectivity index (χ4v) is 3.88. The summed E-state index contributed by atoms with van der Waals surface area (Å²) in [6.07, 6.45) is 6.25. The summed E-state index contributed by atoms with van der Waals surface area (Å²) < 4.78 is 1.92. The van der Waals surface area contributed by atoms with Crippen LogP contribution in [0.25, 0.3) is 4.96 Å². The van der Waals surface area contributed by atoms with Gasteiger partial charge in [-0.05, 0) is 30.5 Å². The summed E-state index contributed by atoms with van der Waals surface area (Å²) in [6, 6.07) is 7.48. The molecule has 6 nitrogen and oxygen atoms in total. The van der Waals surface area contributed by atoms with Crippen molar-refractivity contribution in [2.24, 2.45) is 0 Å². The third-order valence-electron chi connectivity index (χ3n) is 4.57. The topological polar surface area (TPSA) is 66.7 Å². The van der Waals surface area contributed by atoms with Crippen LogP contribution in [-0.2, 0) is 17.8 Å². The number of amides is 2. The van der Waals surface area contributed by atoms with Crippen LogP contribution < -0.4 is 5.32 Å². The highest BCUT2D eigenvalue weighted by Gasteiger charge is 2.19. The van der Waals surface area contributed by atoms with Crippen molar-refractivity contribution in [2.75, 3.05) is 13.1 Å². The van der Waals surface area contributed by atoms with E-state index >= 15 is 0 Å². The molecule has 4 rings (SSSR count). The minimum Gasteiger partial charge on any atom is -0.352 e. The molecule has 2 amide bonds. The molecule has 0 spiro atoms. The summed E-state index contributed by atoms with van der Waals surface area (Å²) in [4.78, 5) is 31.6. The average Bonchev–Trinajstić information content (AvgIpc) is 3.37. The Labute approximate surface area is 155 Å². The van der Waals surface area contributed by atoms with Crippen molar-refractivity contribution in [3.63, 3.8) is 0 Å². The molecule has 26 heavy (non-hydrogen) atoms. The van der Waals surface area contributed by atoms with Crippen LogP contribution in [0.3, 0.4) is 0 Å². The summed E-state index contributed by atoms with van der Waals surface area (Å²) in [5.74, 6) is 0.0332. The second-order valence-electron chi connectivity index (χ2n) is 6.47. The summed E-state index contributed by atoms with van der Waals surface area (Å²) in [5, 5.41) is 4.87. The van der Waals surface area contributed by atoms with E-state index in [4.69, 9.17) is 0 Å². The predicted octanol–water partition coefficient (Wildman–Crippen LogP) is 2.49. The number of fused-ring (bicyclic) bond motifs is 1. The van der Waals surface area contributed by atoms with E-state index in [0.717, 1.165) is 42.1 Å². The molecule has 1 aliphatic rings. The lowest BCUT2D eigenvalue weighted by Crippen LogP contribution is -2.27. The monoisotopic (exact) mass is 368 g/mol. The molecule has 0 saturated carbocycles. The first-order valence-corrected chi connectivity index (χ1v) is 9.63. The number of benzene rings is 1. The summed E-state index contributed by atoms with van der Waals surface area (Å²) in [5.41, 5.74) is 2.45. The third-order valence-corrected chi connectivity index (χ3v) is 5.34. The Bertz CT molecular complexity index is 894. The number of hydrogen-bond acceptors (Lipinski definition) is 4. The lowest BCUT2D eigenvalue weighted by molar-refractivity contribution is -0.120. The molecule has 1 N–H and O–H groups in total. The molecule has 0 atom stereocenters. The maximum absolute atomic E-state index is 12.3. The van der Waals surface area contributed by atoms with Crippen LogP contribution in [0.2, 0.25) is 0 Å². The summed E-state index contributed by atoms with van der Waals surface area (Å²) >= 11 is 1.55. The first-order valence-electron chi connectivity index (χ1n) is 8.75. The summed E-state index contributed by atoms with van der Waals surface area (Å²) in [7, 11) is 0. The van der Waals surface area contributed by atoms with E-state index in [-0.39, 0.29) is 18.2 Å². The molecule has 7 heteroatoms. The molecule has 0 bridgehead atoms. The molecule has 0 unspecified atom stereocenters. The Kier molecular flexibility index (Phi) is 4.71. The van der Waals surface area contributed by atoms with E-state index in [1.165, 1.54) is 0 Å². The lowest BCUT2D eigenvalue weighted by Gasteiger charge is -2.15. The number of likely N-dealkylation sites (tertiary alicyclic amines) is 1. The molecule has 1 aromatic carbocycles. The second kappa shape index (κ2) is 7.29. The van der Waals surface area contributed by atoms with Gasteiger partial charge in [0, 0.05) is 43.0 Å². The van der Waals surface area contributed by atoms with Crippen molar-refractivity contribution >= 4 is 28.1 Å². The number of imidazole rings is 1. The van der Waals surface area contributed by atoms with Crippen molar-refractivity contribution in [3.8, 4) is 0 Å². The Balaban J connectivity index is 1.30. The predicted molar refractivity (Wildman–Crippen MR) is 100 cm³/mol. The zero-order valence-electron chi connectivity index (χ0n) is 14.4. The largest absolute Gasteiger partial charge is 0.352 e. The molecule has 2 aromatic heterocycles. The van der Waals surface area contributed by atoms with Gasteiger partial charge in [0.05, 0.1) is 12.1 Å². The number of thiazole rings is 1. The average molecular weight is 368 g/mol. The van der Waals surface area contributed by atoms with Gasteiger partial charge in [-0.3, -0.25) is 14.0 Å². The number of rotatable bonds is 5. The van der Waals surface area contributed by atoms with Gasteiger partial charge in [-0.1, -0.05) is 12.1 Å². The van der Waals surface area contributed by atoms with Crippen molar-refractivity contribution < 1.29 is 9.59 Å². The maximum atomic E-state index is 12.3. The molecular formula is C19H20N4O2S. The maximum Gasteiger partial charge on any atom is 0.253 e. The third kappa shape index (κ3) is 3.62. The Morgan fingerprint density at radius 1 is 1.15 bits per heavy atom. The van der Waals surface area contributed by atoms with Crippen molar-refractivity contribution in [1.29, 1.82) is 0 Å². The van der Waals surface area contributed by atoms with Gasteiger partial charge in [0.25, 0.3) is 5.91 Å². The van der Waals surface area contributed by atoms with Gasteiger partial charge in [0.15, 0.2) is 4.96 Å². The van der Waals surface area contributed by atoms with Gasteiger partial charge in [0.1, 0.15) is 0 Å². The molecule has 0 radical (unpaired) electrons. The SMILES string of the molecule is O=C(Cc1cn2ccsc2n1)NCc1ccc(C(=O)N2CCCC2)cc1. The molecule has 1 fully saturated rings. The fraction of sp³-hybridized carbons (Fsp3) is 0.316. The lowest BCUT2D eigenvalue weighted by atomic mass is 10.1. The second-order valence-corrected chi connectivity index (χ2v) is 7.35. The number of carbonyl (C=O) groups excluding carboxylic acids is 2. The number of nitrogens with zero attached hydrogens (tertiary/aromatic N) is 3. The molecule has 1 saturated heterocycles. The number of carbonyl (C=O) groups is 2. The highest BCUT2D eigenvalue weighted by atomic mass is 32.1. The van der Waals surface area contributed by atoms with E-state index in [2.05, 4.69) is 10.3 Å². The highest BCUT2D eigenvalue weighted by Crippen LogP contribution is 2.14. The number of hydrogen-bond donors (Lipinski definition) is 1. The van der Waals surface area contributed by atoms with E-state index in [9.17, 15) is 9.59 Å². The van der Waals surface area contributed by atoms with Gasteiger partial charge >= 0.3 is 0 Å². The Morgan fingerprint density at radius 2 is 1.92 bits per heavy atom. The van der Waals surface area contributed by atoms with E-state index in [1.807, 2.05) is 51.3 Å². The normalized spacial score (nSPS) is 14.1. The van der Waals surface area contributed by atoms with Crippen LogP contribution in [-0.4, -0.2) is 39.2 Å². The van der Waals surface area contributed by atoms with Crippen molar-refractivity contribution in [1.82, 2.24) is 19.6 Å². The van der Waals surface area contributed by atoms with Gasteiger partial charge in [-0.2, -0.15) is 0 Å². The highest BCUT2D eigenvalue weighted by molar-refractivity contribution is 7.15. The number of nitrogens with one attached hydrogen (secondary N) is 1. The molecule has 0 aliphatic carbocycles. The minimum atomic E-state index is -0.0621. The first-order chi connectivity index (χ1) is 12.7. The molecule has 3 heterocycles. The standard InChI is InChI=1S/C19H20N4O2S/c24-17(11-16-13-23-9-10-26-19(23)21-16)20-12-14-3-5-15(6-4-14)18(25)22-7-1-2-8-22/h3-6,9-10,13H,1-2,7-8,11-12H2,(H,20,24). The van der Waals surface area contributed by atoms with Gasteiger partial charge in [-0.25, -0.2) is 4.98 Å². The zero-order chi connectivity index (χ0) is 17.9. The van der Waals surface area contributed by atoms with Crippen molar-refractivity contribution in [3.05, 3.63) is 58.9 Å². The van der Waals surface area contributed by atoms with E-state index in [0.29, 0.717) is 12.1 Å². The number of aromatic nitrogens is 2. The minimum absolute atomic E-state index is 0.0621. The zero-order valence-corrected chi connectivity index (χ0v) is 15.2. The Hall–Kier alpha value is -2.67. The summed E-state index contributed by atoms with van der Waals surface area (Å²) in [6.45, 7) is 2.14.